The highest BCUT2D eigenvalue weighted by Gasteiger charge is 2.79. The Bertz CT molecular complexity index is 463. The molecule has 0 heterocycles. The number of carbonyl (C=O) groups excluding carboxylic acids is 1. The Labute approximate surface area is 106 Å². The van der Waals surface area contributed by atoms with E-state index >= 15 is 0 Å². The molecule has 0 aromatic heterocycles. The Hall–Kier alpha value is -1.65. The van der Waals surface area contributed by atoms with E-state index in [1.807, 2.05) is 0 Å². The molecule has 0 N–H and O–H groups in total. The van der Waals surface area contributed by atoms with Crippen LogP contribution in [0.5, 0.6) is 0 Å². The maximum atomic E-state index is 12.9. The number of hydrogen-bond acceptors (Lipinski definition) is 3. The van der Waals surface area contributed by atoms with Crippen LogP contribution >= 0.6 is 0 Å². The molecule has 0 aliphatic carbocycles. The number of nitriles is 1. The van der Waals surface area contributed by atoms with Crippen LogP contribution in [0, 0.1) is 11.3 Å². The molecule has 0 aromatic carbocycles. The van der Waals surface area contributed by atoms with Crippen LogP contribution in [0.3, 0.4) is 0 Å². The van der Waals surface area contributed by atoms with Crippen molar-refractivity contribution in [2.45, 2.75) is 30.0 Å². The second kappa shape index (κ2) is 4.97. The van der Waals surface area contributed by atoms with E-state index in [1.54, 1.807) is 4.74 Å². The highest BCUT2D eigenvalue weighted by Crippen LogP contribution is 2.50. The minimum atomic E-state index is -6.91. The van der Waals surface area contributed by atoms with Gasteiger partial charge in [-0.1, -0.05) is 0 Å². The first-order chi connectivity index (χ1) is 8.96. The summed E-state index contributed by atoms with van der Waals surface area (Å²) in [6, 6.07) is -5.08. The molecule has 0 spiro atoms. The quantitative estimate of drug-likeness (QED) is 0.584. The van der Waals surface area contributed by atoms with Gasteiger partial charge in [-0.25, -0.2) is 4.39 Å². The molecule has 0 rings (SSSR count). The lowest BCUT2D eigenvalue weighted by molar-refractivity contribution is -0.439. The van der Waals surface area contributed by atoms with Crippen molar-refractivity contribution >= 4 is 6.04 Å². The van der Waals surface area contributed by atoms with Crippen LogP contribution in [-0.2, 0) is 9.53 Å². The Balaban J connectivity index is 5.97. The summed E-state index contributed by atoms with van der Waals surface area (Å²) in [5.41, 5.74) is -6.47. The van der Waals surface area contributed by atoms with E-state index in [-0.39, 0.29) is 0 Å². The lowest BCUT2D eigenvalue weighted by Gasteiger charge is -2.33. The van der Waals surface area contributed by atoms with Crippen molar-refractivity contribution in [2.75, 3.05) is 0 Å². The van der Waals surface area contributed by atoms with E-state index in [1.165, 1.54) is 0 Å². The Morgan fingerprint density at radius 3 is 1.43 bits per heavy atom. The highest BCUT2D eigenvalue weighted by molar-refractivity contribution is 5.77. The summed E-state index contributed by atoms with van der Waals surface area (Å²) < 4.78 is 136. The summed E-state index contributed by atoms with van der Waals surface area (Å²) in [5.74, 6) is -6.60. The number of ether oxygens (including phenoxy) is 1. The number of nitrogens with zero attached hydrogens (tertiary/aromatic N) is 1. The van der Waals surface area contributed by atoms with Crippen molar-refractivity contribution < 1.29 is 57.8 Å². The fraction of sp³-hybridized carbons (Fsp3) is 0.714. The summed E-state index contributed by atoms with van der Waals surface area (Å²) in [7, 11) is 0. The summed E-state index contributed by atoms with van der Waals surface area (Å²) in [6.45, 7) is 0. The minimum absolute atomic E-state index is 0.763. The van der Waals surface area contributed by atoms with Gasteiger partial charge in [0.2, 0.25) is 0 Å². The molecular formula is C7F11NO2. The monoisotopic (exact) mass is 339 g/mol. The van der Waals surface area contributed by atoms with Crippen LogP contribution < -0.4 is 0 Å². The van der Waals surface area contributed by atoms with E-state index in [4.69, 9.17) is 5.26 Å². The fourth-order valence-electron chi connectivity index (χ4n) is 0.750. The Morgan fingerprint density at radius 1 is 0.857 bits per heavy atom. The summed E-state index contributed by atoms with van der Waals surface area (Å²) in [6.07, 6.45) is -20.7. The van der Waals surface area contributed by atoms with Crippen molar-refractivity contribution in [1.82, 2.24) is 0 Å². The molecule has 0 aromatic rings. The van der Waals surface area contributed by atoms with Gasteiger partial charge >= 0.3 is 36.0 Å². The topological polar surface area (TPSA) is 50.1 Å². The first-order valence-corrected chi connectivity index (χ1v) is 4.16. The van der Waals surface area contributed by atoms with Crippen molar-refractivity contribution in [1.29, 1.82) is 5.26 Å². The standard InChI is InChI=1S/C7F11NO2/c8-2(20)4(10,6(14,15)16)21-7(17,18)3(9,1-19)5(11,12)13. The van der Waals surface area contributed by atoms with Gasteiger partial charge in [0.05, 0.1) is 0 Å². The number of alkyl halides is 10. The van der Waals surface area contributed by atoms with Crippen LogP contribution in [0.2, 0.25) is 0 Å². The predicted molar refractivity (Wildman–Crippen MR) is 37.5 cm³/mol. The molecule has 0 aliphatic heterocycles. The largest absolute Gasteiger partial charge is 0.459 e. The maximum absolute atomic E-state index is 12.9. The van der Waals surface area contributed by atoms with Crippen LogP contribution in [0.25, 0.3) is 0 Å². The van der Waals surface area contributed by atoms with Crippen LogP contribution in [0.15, 0.2) is 0 Å². The van der Waals surface area contributed by atoms with Gasteiger partial charge in [0.15, 0.2) is 0 Å². The molecule has 0 saturated heterocycles. The number of rotatable bonds is 4. The number of hydrogen-bond donors (Lipinski definition) is 0. The van der Waals surface area contributed by atoms with E-state index in [2.05, 4.69) is 0 Å². The average molecular weight is 339 g/mol. The smallest absolute Gasteiger partial charge is 0.262 e. The van der Waals surface area contributed by atoms with Gasteiger partial charge < -0.3 is 0 Å². The zero-order chi connectivity index (χ0) is 17.5. The molecule has 3 nitrogen and oxygen atoms in total. The molecule has 21 heavy (non-hydrogen) atoms. The molecule has 0 aliphatic rings. The van der Waals surface area contributed by atoms with Crippen LogP contribution in [-0.4, -0.2) is 36.0 Å². The molecule has 14 heteroatoms. The second-order valence-electron chi connectivity index (χ2n) is 3.25. The second-order valence-corrected chi connectivity index (χ2v) is 3.25. The number of halogens is 11. The third-order valence-corrected chi connectivity index (χ3v) is 1.83. The molecule has 2 unspecified atom stereocenters. The lowest BCUT2D eigenvalue weighted by Crippen LogP contribution is -2.62. The first-order valence-electron chi connectivity index (χ1n) is 4.16. The molecule has 0 amide bonds. The van der Waals surface area contributed by atoms with E-state index in [0.29, 0.717) is 0 Å². The maximum Gasteiger partial charge on any atom is 0.459 e. The lowest BCUT2D eigenvalue weighted by atomic mass is 10.1. The minimum Gasteiger partial charge on any atom is -0.262 e. The molecule has 0 fully saturated rings. The van der Waals surface area contributed by atoms with E-state index in [9.17, 15) is 53.1 Å². The summed E-state index contributed by atoms with van der Waals surface area (Å²) in [5, 5.41) is 7.71. The molecule has 0 radical (unpaired) electrons. The van der Waals surface area contributed by atoms with Gasteiger partial charge in [-0.2, -0.15) is 49.2 Å². The SMILES string of the molecule is N#CC(F)(C(F)(F)F)C(F)(F)OC(F)(C(=O)F)C(F)(F)F. The van der Waals surface area contributed by atoms with Crippen LogP contribution in [0.4, 0.5) is 48.3 Å². The van der Waals surface area contributed by atoms with Crippen molar-refractivity contribution in [3.63, 3.8) is 0 Å². The predicted octanol–water partition coefficient (Wildman–Crippen LogP) is 3.11. The van der Waals surface area contributed by atoms with Gasteiger partial charge in [0.1, 0.15) is 6.07 Å². The number of carbonyl (C=O) groups is 1. The molecule has 0 bridgehead atoms. The fourth-order valence-corrected chi connectivity index (χ4v) is 0.750. The van der Waals surface area contributed by atoms with Gasteiger partial charge in [-0.3, -0.25) is 9.53 Å². The zero-order valence-electron chi connectivity index (χ0n) is 8.92. The summed E-state index contributed by atoms with van der Waals surface area (Å²) in [4.78, 5) is 9.75. The normalized spacial score (nSPS) is 19.3. The first kappa shape index (κ1) is 19.3. The molecular weight excluding hydrogens is 339 g/mol. The van der Waals surface area contributed by atoms with Crippen LogP contribution in [0.1, 0.15) is 0 Å². The highest BCUT2D eigenvalue weighted by atomic mass is 19.4. The molecule has 122 valence electrons. The van der Waals surface area contributed by atoms with Gasteiger partial charge in [-0.05, 0) is 0 Å². The third-order valence-electron chi connectivity index (χ3n) is 1.83. The Morgan fingerprint density at radius 2 is 1.24 bits per heavy atom. The van der Waals surface area contributed by atoms with Crippen molar-refractivity contribution in [2.24, 2.45) is 0 Å². The zero-order valence-corrected chi connectivity index (χ0v) is 8.92. The molecule has 0 saturated carbocycles. The Kier molecular flexibility index (Phi) is 4.58. The average Bonchev–Trinajstić information content (AvgIpc) is 2.23. The third kappa shape index (κ3) is 3.01. The van der Waals surface area contributed by atoms with Crippen molar-refractivity contribution in [3.05, 3.63) is 0 Å². The van der Waals surface area contributed by atoms with Gasteiger partial charge in [0, 0.05) is 0 Å². The van der Waals surface area contributed by atoms with E-state index < -0.39 is 42.1 Å². The van der Waals surface area contributed by atoms with Gasteiger partial charge in [-0.15, -0.1) is 0 Å². The van der Waals surface area contributed by atoms with E-state index in [0.717, 1.165) is 0 Å². The molecule has 2 atom stereocenters. The summed E-state index contributed by atoms with van der Waals surface area (Å²) >= 11 is 0. The van der Waals surface area contributed by atoms with Gasteiger partial charge in [0.25, 0.3) is 0 Å². The van der Waals surface area contributed by atoms with Crippen molar-refractivity contribution in [3.8, 4) is 6.07 Å².